The second kappa shape index (κ2) is 10.6. The van der Waals surface area contributed by atoms with Gasteiger partial charge in [0.25, 0.3) is 5.91 Å². The molecule has 1 atom stereocenters. The lowest BCUT2D eigenvalue weighted by Gasteiger charge is -2.18. The van der Waals surface area contributed by atoms with Crippen LogP contribution in [0.25, 0.3) is 0 Å². The molecule has 0 saturated carbocycles. The van der Waals surface area contributed by atoms with E-state index in [4.69, 9.17) is 16.3 Å². The predicted octanol–water partition coefficient (Wildman–Crippen LogP) is 2.93. The minimum Gasteiger partial charge on any atom is -0.464 e. The van der Waals surface area contributed by atoms with Gasteiger partial charge >= 0.3 is 5.97 Å². The summed E-state index contributed by atoms with van der Waals surface area (Å²) in [7, 11) is -3.81. The highest BCUT2D eigenvalue weighted by Crippen LogP contribution is 2.21. The van der Waals surface area contributed by atoms with Gasteiger partial charge in [-0.2, -0.15) is 0 Å². The van der Waals surface area contributed by atoms with E-state index in [0.717, 1.165) is 5.56 Å². The Morgan fingerprint density at radius 1 is 1.10 bits per heavy atom. The zero-order chi connectivity index (χ0) is 22.3. The lowest BCUT2D eigenvalue weighted by atomic mass is 10.1. The third-order valence-corrected chi connectivity index (χ3v) is 6.03. The molecule has 7 nitrogen and oxygen atoms in total. The summed E-state index contributed by atoms with van der Waals surface area (Å²) >= 11 is 6.14. The number of amides is 1. The summed E-state index contributed by atoms with van der Waals surface area (Å²) in [6.07, 6.45) is 0.218. The molecule has 0 saturated heterocycles. The lowest BCUT2D eigenvalue weighted by Crippen LogP contribution is -2.43. The molecule has 2 N–H and O–H groups in total. The molecule has 0 fully saturated rings. The van der Waals surface area contributed by atoms with E-state index in [0.29, 0.717) is 0 Å². The predicted molar refractivity (Wildman–Crippen MR) is 115 cm³/mol. The molecule has 0 aliphatic heterocycles. The molecule has 9 heteroatoms. The smallest absolute Gasteiger partial charge is 0.328 e. The zero-order valence-corrected chi connectivity index (χ0v) is 18.6. The fourth-order valence-electron chi connectivity index (χ4n) is 2.75. The number of rotatable bonds is 9. The average Bonchev–Trinajstić information content (AvgIpc) is 2.67. The van der Waals surface area contributed by atoms with Gasteiger partial charge in [-0.05, 0) is 44.5 Å². The van der Waals surface area contributed by atoms with E-state index in [2.05, 4.69) is 10.0 Å². The monoisotopic (exact) mass is 452 g/mol. The standard InChI is InChI=1S/C21H25ClN2O5S/c1-4-29-21(26)19(12-15-8-6-5-7-9-15)23-20(25)17-13-16(10-11-18(17)22)30(27,28)24-14(2)3/h5-11,13-14,19,24H,4,12H2,1-3H3,(H,23,25). The summed E-state index contributed by atoms with van der Waals surface area (Å²) in [5.41, 5.74) is 0.782. The highest BCUT2D eigenvalue weighted by atomic mass is 35.5. The number of esters is 1. The summed E-state index contributed by atoms with van der Waals surface area (Å²) in [6, 6.07) is 11.7. The first-order chi connectivity index (χ1) is 14.1. The highest BCUT2D eigenvalue weighted by molar-refractivity contribution is 7.89. The maximum atomic E-state index is 12.9. The summed E-state index contributed by atoms with van der Waals surface area (Å²) < 4.78 is 32.4. The third-order valence-electron chi connectivity index (χ3n) is 4.04. The molecule has 0 radical (unpaired) electrons. The van der Waals surface area contributed by atoms with Crippen LogP contribution in [0, 0.1) is 0 Å². The fraction of sp³-hybridized carbons (Fsp3) is 0.333. The molecule has 2 aromatic rings. The number of carbonyl (C=O) groups is 2. The topological polar surface area (TPSA) is 102 Å². The van der Waals surface area contributed by atoms with Gasteiger partial charge in [-0.25, -0.2) is 17.9 Å². The minimum atomic E-state index is -3.81. The number of hydrogen-bond donors (Lipinski definition) is 2. The van der Waals surface area contributed by atoms with Crippen molar-refractivity contribution in [2.75, 3.05) is 6.61 Å². The Morgan fingerprint density at radius 2 is 1.77 bits per heavy atom. The number of carbonyl (C=O) groups excluding carboxylic acids is 2. The summed E-state index contributed by atoms with van der Waals surface area (Å²) in [5, 5.41) is 2.68. The van der Waals surface area contributed by atoms with Gasteiger partial charge < -0.3 is 10.1 Å². The van der Waals surface area contributed by atoms with Gasteiger partial charge in [0.05, 0.1) is 22.1 Å². The lowest BCUT2D eigenvalue weighted by molar-refractivity contribution is -0.145. The second-order valence-electron chi connectivity index (χ2n) is 6.89. The molecule has 0 aromatic heterocycles. The van der Waals surface area contributed by atoms with Gasteiger partial charge in [0.1, 0.15) is 6.04 Å². The highest BCUT2D eigenvalue weighted by Gasteiger charge is 2.25. The third kappa shape index (κ3) is 6.55. The quantitative estimate of drug-likeness (QED) is 0.569. The van der Waals surface area contributed by atoms with E-state index in [1.54, 1.807) is 20.8 Å². The van der Waals surface area contributed by atoms with Gasteiger partial charge in [0.2, 0.25) is 10.0 Å². The van der Waals surface area contributed by atoms with Gasteiger partial charge in [-0.1, -0.05) is 41.9 Å². The van der Waals surface area contributed by atoms with Crippen LogP contribution in [0.4, 0.5) is 0 Å². The van der Waals surface area contributed by atoms with Crippen LogP contribution in [0.5, 0.6) is 0 Å². The molecular weight excluding hydrogens is 428 g/mol. The van der Waals surface area contributed by atoms with Gasteiger partial charge in [0, 0.05) is 12.5 Å². The maximum Gasteiger partial charge on any atom is 0.328 e. The van der Waals surface area contributed by atoms with Crippen LogP contribution < -0.4 is 10.0 Å². The Hall–Kier alpha value is -2.42. The molecule has 30 heavy (non-hydrogen) atoms. The van der Waals surface area contributed by atoms with Crippen molar-refractivity contribution in [1.29, 1.82) is 0 Å². The average molecular weight is 453 g/mol. The van der Waals surface area contributed by atoms with Crippen LogP contribution in [-0.2, 0) is 26.0 Å². The number of halogens is 1. The molecule has 0 spiro atoms. The molecule has 162 valence electrons. The fourth-order valence-corrected chi connectivity index (χ4v) is 4.23. The Labute approximate surface area is 181 Å². The van der Waals surface area contributed by atoms with Crippen molar-refractivity contribution in [3.05, 3.63) is 64.7 Å². The van der Waals surface area contributed by atoms with Crippen LogP contribution in [0.2, 0.25) is 5.02 Å². The summed E-state index contributed by atoms with van der Waals surface area (Å²) in [4.78, 5) is 25.1. The zero-order valence-electron chi connectivity index (χ0n) is 17.0. The second-order valence-corrected chi connectivity index (χ2v) is 9.01. The first-order valence-corrected chi connectivity index (χ1v) is 11.3. The first kappa shape index (κ1) is 23.9. The molecule has 2 aromatic carbocycles. The van der Waals surface area contributed by atoms with Gasteiger partial charge in [-0.3, -0.25) is 4.79 Å². The van der Waals surface area contributed by atoms with Gasteiger partial charge in [0.15, 0.2) is 0 Å². The van der Waals surface area contributed by atoms with E-state index < -0.39 is 27.9 Å². The van der Waals surface area contributed by atoms with Gasteiger partial charge in [-0.15, -0.1) is 0 Å². The van der Waals surface area contributed by atoms with E-state index in [1.165, 1.54) is 18.2 Å². The Kier molecular flexibility index (Phi) is 8.40. The van der Waals surface area contributed by atoms with Crippen LogP contribution in [0.1, 0.15) is 36.7 Å². The molecule has 1 unspecified atom stereocenters. The minimum absolute atomic E-state index is 0.0503. The number of ether oxygens (including phenoxy) is 1. The van der Waals surface area contributed by atoms with Crippen molar-refractivity contribution in [3.8, 4) is 0 Å². The Morgan fingerprint density at radius 3 is 2.37 bits per heavy atom. The Balaban J connectivity index is 2.30. The molecule has 0 aliphatic rings. The van der Waals surface area contributed by atoms with E-state index in [1.807, 2.05) is 30.3 Å². The number of nitrogens with one attached hydrogen (secondary N) is 2. The SMILES string of the molecule is CCOC(=O)C(Cc1ccccc1)NC(=O)c1cc(S(=O)(=O)NC(C)C)ccc1Cl. The van der Waals surface area contributed by atoms with Crippen molar-refractivity contribution < 1.29 is 22.7 Å². The van der Waals surface area contributed by atoms with E-state index in [-0.39, 0.29) is 34.6 Å². The van der Waals surface area contributed by atoms with Crippen LogP contribution in [-0.4, -0.2) is 39.0 Å². The molecular formula is C21H25ClN2O5S. The van der Waals surface area contributed by atoms with Crippen molar-refractivity contribution >= 4 is 33.5 Å². The Bertz CT molecular complexity index is 994. The molecule has 2 rings (SSSR count). The maximum absolute atomic E-state index is 12.9. The van der Waals surface area contributed by atoms with Crippen LogP contribution in [0.3, 0.4) is 0 Å². The molecule has 1 amide bonds. The van der Waals surface area contributed by atoms with Crippen molar-refractivity contribution in [2.45, 2.75) is 44.2 Å². The van der Waals surface area contributed by atoms with Crippen molar-refractivity contribution in [3.63, 3.8) is 0 Å². The number of benzene rings is 2. The number of sulfonamides is 1. The van der Waals surface area contributed by atoms with Crippen LogP contribution >= 0.6 is 11.6 Å². The first-order valence-electron chi connectivity index (χ1n) is 9.47. The molecule has 0 heterocycles. The molecule has 0 aliphatic carbocycles. The summed E-state index contributed by atoms with van der Waals surface area (Å²) in [5.74, 6) is -1.26. The molecule has 0 bridgehead atoms. The van der Waals surface area contributed by atoms with E-state index >= 15 is 0 Å². The van der Waals surface area contributed by atoms with E-state index in [9.17, 15) is 18.0 Å². The normalized spacial score (nSPS) is 12.4. The largest absolute Gasteiger partial charge is 0.464 e. The van der Waals surface area contributed by atoms with Crippen molar-refractivity contribution in [2.24, 2.45) is 0 Å². The summed E-state index contributed by atoms with van der Waals surface area (Å²) in [6.45, 7) is 5.21. The van der Waals surface area contributed by atoms with Crippen LogP contribution in [0.15, 0.2) is 53.4 Å². The van der Waals surface area contributed by atoms with Crippen molar-refractivity contribution in [1.82, 2.24) is 10.0 Å². The number of hydrogen-bond acceptors (Lipinski definition) is 5.